The first-order chi connectivity index (χ1) is 4.90. The Balaban J connectivity index is 0. The van der Waals surface area contributed by atoms with Crippen LogP contribution in [0.3, 0.4) is 0 Å². The van der Waals surface area contributed by atoms with E-state index >= 15 is 0 Å². The lowest BCUT2D eigenvalue weighted by Gasteiger charge is -2.00. The molecule has 11 heavy (non-hydrogen) atoms. The minimum atomic E-state index is -3.75. The van der Waals surface area contributed by atoms with Crippen molar-refractivity contribution < 1.29 is 17.8 Å². The van der Waals surface area contributed by atoms with Crippen LogP contribution in [0.2, 0.25) is 0 Å². The van der Waals surface area contributed by atoms with E-state index < -0.39 is 15.4 Å². The van der Waals surface area contributed by atoms with E-state index in [2.05, 4.69) is 0 Å². The summed E-state index contributed by atoms with van der Waals surface area (Å²) < 4.78 is 28.5. The third-order valence-corrected chi connectivity index (χ3v) is 2.43. The molecule has 6 heteroatoms. The Morgan fingerprint density at radius 3 is 1.91 bits per heavy atom. The van der Waals surface area contributed by atoms with Crippen LogP contribution >= 0.6 is 0 Å². The molecule has 2 N–H and O–H groups in total. The van der Waals surface area contributed by atoms with Gasteiger partial charge in [0.05, 0.1) is 5.25 Å². The van der Waals surface area contributed by atoms with Crippen LogP contribution in [0, 0.1) is 5.41 Å². The quantitative estimate of drug-likeness (QED) is 0.370. The summed E-state index contributed by atoms with van der Waals surface area (Å²) in [6.07, 6.45) is 1.21. The van der Waals surface area contributed by atoms with Gasteiger partial charge >= 0.3 is 0 Å². The summed E-state index contributed by atoms with van der Waals surface area (Å²) in [5.41, 5.74) is 0. The van der Waals surface area contributed by atoms with Gasteiger partial charge in [-0.25, -0.2) is 10.2 Å². The molecule has 5 nitrogen and oxygen atoms in total. The fraction of sp³-hybridized carbons (Fsp3) is 0.800. The molecule has 0 spiro atoms. The summed E-state index contributed by atoms with van der Waals surface area (Å²) in [5, 5.41) is 4.78. The highest BCUT2D eigenvalue weighted by Gasteiger charge is 2.13. The fourth-order valence-electron chi connectivity index (χ4n) is 0.211. The highest BCUT2D eigenvalue weighted by atomic mass is 32.2. The summed E-state index contributed by atoms with van der Waals surface area (Å²) in [6, 6.07) is 0. The van der Waals surface area contributed by atoms with E-state index in [1.54, 1.807) is 6.92 Å². The summed E-state index contributed by atoms with van der Waals surface area (Å²) in [6.45, 7) is 3.17. The number of hydrogen-bond acceptors (Lipinski definition) is 4. The molecule has 66 valence electrons. The second kappa shape index (κ2) is 6.03. The van der Waals surface area contributed by atoms with Crippen molar-refractivity contribution in [3.8, 4) is 0 Å². The van der Waals surface area contributed by atoms with Crippen molar-refractivity contribution in [1.82, 2.24) is 0 Å². The van der Waals surface area contributed by atoms with Crippen LogP contribution in [-0.4, -0.2) is 24.3 Å². The predicted molar refractivity (Wildman–Crippen MR) is 39.7 cm³/mol. The van der Waals surface area contributed by atoms with Gasteiger partial charge in [0.2, 0.25) is 6.08 Å². The maximum Gasteiger partial charge on any atom is 0.267 e. The number of isocyanates is 1. The predicted octanol–water partition coefficient (Wildman–Crippen LogP) is 0.574. The molecule has 0 amide bonds. The molecule has 1 atom stereocenters. The molecule has 0 aromatic heterocycles. The van der Waals surface area contributed by atoms with E-state index in [9.17, 15) is 8.42 Å². The maximum absolute atomic E-state index is 10.1. The standard InChI is InChI=1S/C4H10O3S.CHNO/c1-3-4(2)8(5,6)7;2-1-3/h4H,3H2,1-2H3,(H,5,6,7);2H. The average molecular weight is 181 g/mol. The summed E-state index contributed by atoms with van der Waals surface area (Å²) in [4.78, 5) is 8.35. The molecule has 0 saturated heterocycles. The van der Waals surface area contributed by atoms with Gasteiger partial charge in [-0.2, -0.15) is 8.42 Å². The zero-order chi connectivity index (χ0) is 9.49. The highest BCUT2D eigenvalue weighted by molar-refractivity contribution is 7.86. The largest absolute Gasteiger partial charge is 0.285 e. The molecule has 0 aromatic carbocycles. The van der Waals surface area contributed by atoms with E-state index in [0.717, 1.165) is 6.08 Å². The molecule has 0 aliphatic rings. The van der Waals surface area contributed by atoms with Crippen molar-refractivity contribution >= 4 is 16.2 Å². The second-order valence-electron chi connectivity index (χ2n) is 1.84. The smallest absolute Gasteiger partial charge is 0.267 e. The van der Waals surface area contributed by atoms with Crippen molar-refractivity contribution in [1.29, 1.82) is 5.41 Å². The Bertz CT molecular complexity index is 215. The van der Waals surface area contributed by atoms with Gasteiger partial charge in [-0.3, -0.25) is 4.55 Å². The number of hydrogen-bond donors (Lipinski definition) is 2. The van der Waals surface area contributed by atoms with Crippen LogP contribution in [0.1, 0.15) is 20.3 Å². The monoisotopic (exact) mass is 181 g/mol. The lowest BCUT2D eigenvalue weighted by Crippen LogP contribution is -2.14. The number of nitrogens with one attached hydrogen (secondary N) is 1. The topological polar surface area (TPSA) is 95.3 Å². The molecular formula is C5H11NO4S. The summed E-state index contributed by atoms with van der Waals surface area (Å²) in [5.74, 6) is 0. The molecule has 0 radical (unpaired) electrons. The van der Waals surface area contributed by atoms with Gasteiger partial charge in [0.25, 0.3) is 10.1 Å². The SMILES string of the molecule is CCC(C)S(=O)(=O)O.N=C=O. The number of carbonyl (C=O) groups excluding carboxylic acids is 1. The van der Waals surface area contributed by atoms with E-state index in [1.807, 2.05) is 0 Å². The van der Waals surface area contributed by atoms with Gasteiger partial charge in [-0.05, 0) is 13.3 Å². The molecule has 0 heterocycles. The van der Waals surface area contributed by atoms with Gasteiger partial charge in [0.15, 0.2) is 0 Å². The summed E-state index contributed by atoms with van der Waals surface area (Å²) >= 11 is 0. The molecule has 0 rings (SSSR count). The minimum Gasteiger partial charge on any atom is -0.285 e. The van der Waals surface area contributed by atoms with Crippen LogP contribution in [0.25, 0.3) is 0 Å². The fourth-order valence-corrected chi connectivity index (χ4v) is 0.632. The Kier molecular flexibility index (Phi) is 7.08. The Hall–Kier alpha value is -0.710. The lowest BCUT2D eigenvalue weighted by molar-refractivity contribution is 0.468. The molecule has 0 aliphatic heterocycles. The summed E-state index contributed by atoms with van der Waals surface area (Å²) in [7, 11) is -3.75. The van der Waals surface area contributed by atoms with Crippen molar-refractivity contribution in [3.63, 3.8) is 0 Å². The third kappa shape index (κ3) is 9.29. The van der Waals surface area contributed by atoms with Gasteiger partial charge in [0, 0.05) is 0 Å². The van der Waals surface area contributed by atoms with E-state index in [4.69, 9.17) is 14.8 Å². The molecule has 0 bridgehead atoms. The third-order valence-electron chi connectivity index (χ3n) is 1.08. The molecular weight excluding hydrogens is 170 g/mol. The zero-order valence-electron chi connectivity index (χ0n) is 6.36. The molecule has 0 aromatic rings. The van der Waals surface area contributed by atoms with Crippen molar-refractivity contribution in [3.05, 3.63) is 0 Å². The van der Waals surface area contributed by atoms with Gasteiger partial charge in [0.1, 0.15) is 0 Å². The number of rotatable bonds is 2. The van der Waals surface area contributed by atoms with Gasteiger partial charge < -0.3 is 0 Å². The van der Waals surface area contributed by atoms with E-state index in [1.165, 1.54) is 6.92 Å². The molecule has 0 aliphatic carbocycles. The van der Waals surface area contributed by atoms with Crippen molar-refractivity contribution in [2.45, 2.75) is 25.5 Å². The Morgan fingerprint density at radius 2 is 1.91 bits per heavy atom. The van der Waals surface area contributed by atoms with E-state index in [-0.39, 0.29) is 0 Å². The first-order valence-corrected chi connectivity index (χ1v) is 4.40. The van der Waals surface area contributed by atoms with Crippen LogP contribution < -0.4 is 0 Å². The molecule has 1 unspecified atom stereocenters. The first kappa shape index (κ1) is 12.9. The maximum atomic E-state index is 10.1. The Labute approximate surface area is 65.7 Å². The minimum absolute atomic E-state index is 0.457. The lowest BCUT2D eigenvalue weighted by atomic mass is 10.4. The normalized spacial score (nSPS) is 12.3. The van der Waals surface area contributed by atoms with Crippen molar-refractivity contribution in [2.24, 2.45) is 0 Å². The second-order valence-corrected chi connectivity index (χ2v) is 3.67. The van der Waals surface area contributed by atoms with Crippen LogP contribution in [0.4, 0.5) is 0 Å². The zero-order valence-corrected chi connectivity index (χ0v) is 7.18. The molecule has 0 saturated carbocycles. The van der Waals surface area contributed by atoms with Crippen LogP contribution in [0.15, 0.2) is 0 Å². The molecule has 0 fully saturated rings. The highest BCUT2D eigenvalue weighted by Crippen LogP contribution is 1.99. The average Bonchev–Trinajstić information content (AvgIpc) is 1.86. The van der Waals surface area contributed by atoms with Crippen molar-refractivity contribution in [2.75, 3.05) is 0 Å². The van der Waals surface area contributed by atoms with E-state index in [0.29, 0.717) is 6.42 Å². The van der Waals surface area contributed by atoms with Gasteiger partial charge in [-0.1, -0.05) is 6.92 Å². The van der Waals surface area contributed by atoms with Gasteiger partial charge in [-0.15, -0.1) is 0 Å². The van der Waals surface area contributed by atoms with Crippen LogP contribution in [-0.2, 0) is 14.9 Å². The Morgan fingerprint density at radius 1 is 1.64 bits per heavy atom. The first-order valence-electron chi connectivity index (χ1n) is 2.90. The van der Waals surface area contributed by atoms with Crippen LogP contribution in [0.5, 0.6) is 0 Å².